The van der Waals surface area contributed by atoms with Crippen LogP contribution in [0.2, 0.25) is 0 Å². The lowest BCUT2D eigenvalue weighted by molar-refractivity contribution is 0.0532. The molecule has 0 fully saturated rings. The summed E-state index contributed by atoms with van der Waals surface area (Å²) in [6.07, 6.45) is -0.553. The van der Waals surface area contributed by atoms with Gasteiger partial charge in [-0.2, -0.15) is 0 Å². The third-order valence-electron chi connectivity index (χ3n) is 3.32. The number of rotatable bonds is 10. The van der Waals surface area contributed by atoms with Crippen LogP contribution < -0.4 is 4.74 Å². The van der Waals surface area contributed by atoms with Gasteiger partial charge in [0.2, 0.25) is 5.88 Å². The molecule has 1 unspecified atom stereocenters. The van der Waals surface area contributed by atoms with Crippen molar-refractivity contribution in [2.45, 2.75) is 46.6 Å². The van der Waals surface area contributed by atoms with Gasteiger partial charge in [0.15, 0.2) is 0 Å². The molecule has 0 aliphatic carbocycles. The average Bonchev–Trinajstić information content (AvgIpc) is 2.53. The molecule has 136 valence electrons. The van der Waals surface area contributed by atoms with E-state index in [1.807, 2.05) is 25.8 Å². The number of nitrogens with zero attached hydrogens (tertiary/aromatic N) is 3. The predicted octanol–water partition coefficient (Wildman–Crippen LogP) is 4.13. The Kier molecular flexibility index (Phi) is 8.60. The van der Waals surface area contributed by atoms with Gasteiger partial charge in [0.25, 0.3) is 6.43 Å². The summed E-state index contributed by atoms with van der Waals surface area (Å²) < 4.78 is 37.6. The Morgan fingerprint density at radius 1 is 1.38 bits per heavy atom. The number of hydrogen-bond acceptors (Lipinski definition) is 4. The van der Waals surface area contributed by atoms with Crippen molar-refractivity contribution in [2.24, 2.45) is 4.99 Å². The lowest BCUT2D eigenvalue weighted by Gasteiger charge is -2.17. The number of ether oxygens (including phenoxy) is 2. The van der Waals surface area contributed by atoms with Crippen molar-refractivity contribution in [3.63, 3.8) is 0 Å². The highest BCUT2D eigenvalue weighted by Crippen LogP contribution is 2.33. The SMILES string of the molecule is CCCOCC(C)Oc1nc(C)c(/N=C/N(C)CC)cc1C(F)F. The highest BCUT2D eigenvalue weighted by atomic mass is 19.3. The molecule has 5 nitrogen and oxygen atoms in total. The molecule has 0 aromatic carbocycles. The number of pyridine rings is 1. The minimum Gasteiger partial charge on any atom is -0.472 e. The predicted molar refractivity (Wildman–Crippen MR) is 91.6 cm³/mol. The lowest BCUT2D eigenvalue weighted by atomic mass is 10.2. The van der Waals surface area contributed by atoms with Crippen molar-refractivity contribution in [3.8, 4) is 5.88 Å². The van der Waals surface area contributed by atoms with Gasteiger partial charge in [-0.05, 0) is 33.3 Å². The Balaban J connectivity index is 2.96. The Morgan fingerprint density at radius 2 is 2.08 bits per heavy atom. The van der Waals surface area contributed by atoms with Crippen molar-refractivity contribution >= 4 is 12.0 Å². The molecule has 0 bridgehead atoms. The Hall–Kier alpha value is -1.76. The molecular formula is C17H27F2N3O2. The smallest absolute Gasteiger partial charge is 0.269 e. The molecular weight excluding hydrogens is 316 g/mol. The highest BCUT2D eigenvalue weighted by molar-refractivity contribution is 5.63. The van der Waals surface area contributed by atoms with E-state index in [4.69, 9.17) is 9.47 Å². The van der Waals surface area contributed by atoms with E-state index < -0.39 is 6.43 Å². The Labute approximate surface area is 142 Å². The summed E-state index contributed by atoms with van der Waals surface area (Å²) in [6, 6.07) is 1.34. The zero-order chi connectivity index (χ0) is 18.1. The van der Waals surface area contributed by atoms with E-state index in [9.17, 15) is 8.78 Å². The monoisotopic (exact) mass is 343 g/mol. The van der Waals surface area contributed by atoms with Gasteiger partial charge in [0.05, 0.1) is 29.9 Å². The number of hydrogen-bond donors (Lipinski definition) is 0. The Morgan fingerprint density at radius 3 is 2.67 bits per heavy atom. The van der Waals surface area contributed by atoms with E-state index in [1.165, 1.54) is 6.07 Å². The maximum absolute atomic E-state index is 13.3. The first kappa shape index (κ1) is 20.3. The molecule has 0 radical (unpaired) electrons. The summed E-state index contributed by atoms with van der Waals surface area (Å²) in [5.74, 6) is -0.0575. The molecule has 1 rings (SSSR count). The third kappa shape index (κ3) is 6.39. The summed E-state index contributed by atoms with van der Waals surface area (Å²) in [5, 5.41) is 0. The minimum atomic E-state index is -2.69. The highest BCUT2D eigenvalue weighted by Gasteiger charge is 2.20. The quantitative estimate of drug-likeness (QED) is 0.364. The maximum Gasteiger partial charge on any atom is 0.269 e. The van der Waals surface area contributed by atoms with Gasteiger partial charge in [-0.3, -0.25) is 0 Å². The standard InChI is InChI=1S/C17H27F2N3O2/c1-6-8-23-10-12(3)24-17-14(16(18)19)9-15(13(4)21-17)20-11-22(5)7-2/h9,11-12,16H,6-8,10H2,1-5H3/b20-11+. The van der Waals surface area contributed by atoms with Crippen LogP contribution in [0.1, 0.15) is 44.9 Å². The second kappa shape index (κ2) is 10.2. The second-order valence-electron chi connectivity index (χ2n) is 5.61. The third-order valence-corrected chi connectivity index (χ3v) is 3.32. The van der Waals surface area contributed by atoms with E-state index in [0.717, 1.165) is 13.0 Å². The van der Waals surface area contributed by atoms with E-state index in [1.54, 1.807) is 20.2 Å². The number of halogens is 2. The zero-order valence-electron chi connectivity index (χ0n) is 15.1. The molecule has 0 aliphatic rings. The van der Waals surface area contributed by atoms with Gasteiger partial charge in [-0.15, -0.1) is 0 Å². The summed E-state index contributed by atoms with van der Waals surface area (Å²) in [4.78, 5) is 10.2. The van der Waals surface area contributed by atoms with E-state index in [-0.39, 0.29) is 17.5 Å². The van der Waals surface area contributed by atoms with Gasteiger partial charge >= 0.3 is 0 Å². The van der Waals surface area contributed by atoms with Gasteiger partial charge in [-0.25, -0.2) is 18.8 Å². The molecule has 0 saturated carbocycles. The summed E-state index contributed by atoms with van der Waals surface area (Å²) in [5.41, 5.74) is 0.693. The van der Waals surface area contributed by atoms with Crippen LogP contribution in [0.3, 0.4) is 0 Å². The summed E-state index contributed by atoms with van der Waals surface area (Å²) in [7, 11) is 1.86. The first-order valence-electron chi connectivity index (χ1n) is 8.17. The van der Waals surface area contributed by atoms with Crippen LogP contribution in [0, 0.1) is 6.92 Å². The van der Waals surface area contributed by atoms with Crippen molar-refractivity contribution in [3.05, 3.63) is 17.3 Å². The molecule has 1 aromatic heterocycles. The topological polar surface area (TPSA) is 47.0 Å². The van der Waals surface area contributed by atoms with Gasteiger partial charge in [0.1, 0.15) is 6.10 Å². The molecule has 0 saturated heterocycles. The molecule has 1 aromatic rings. The van der Waals surface area contributed by atoms with Crippen molar-refractivity contribution < 1.29 is 18.3 Å². The second-order valence-corrected chi connectivity index (χ2v) is 5.61. The van der Waals surface area contributed by atoms with Gasteiger partial charge < -0.3 is 14.4 Å². The normalized spacial score (nSPS) is 12.8. The van der Waals surface area contributed by atoms with Gasteiger partial charge in [-0.1, -0.05) is 6.92 Å². The fraction of sp³-hybridized carbons (Fsp3) is 0.647. The van der Waals surface area contributed by atoms with Crippen LogP contribution in [-0.4, -0.2) is 49.1 Å². The number of aliphatic imine (C=N–C) groups is 1. The van der Waals surface area contributed by atoms with E-state index in [0.29, 0.717) is 24.6 Å². The van der Waals surface area contributed by atoms with Crippen molar-refractivity contribution in [1.82, 2.24) is 9.88 Å². The minimum absolute atomic E-state index is 0.0575. The molecule has 1 heterocycles. The van der Waals surface area contributed by atoms with E-state index >= 15 is 0 Å². The zero-order valence-corrected chi connectivity index (χ0v) is 15.1. The number of aryl methyl sites for hydroxylation is 1. The number of aromatic nitrogens is 1. The molecule has 0 amide bonds. The van der Waals surface area contributed by atoms with Crippen LogP contribution in [0.25, 0.3) is 0 Å². The van der Waals surface area contributed by atoms with E-state index in [2.05, 4.69) is 9.98 Å². The maximum atomic E-state index is 13.3. The first-order chi connectivity index (χ1) is 11.4. The molecule has 24 heavy (non-hydrogen) atoms. The Bertz CT molecular complexity index is 539. The largest absolute Gasteiger partial charge is 0.472 e. The van der Waals surface area contributed by atoms with Crippen LogP contribution in [0.5, 0.6) is 5.88 Å². The van der Waals surface area contributed by atoms with Crippen molar-refractivity contribution in [2.75, 3.05) is 26.8 Å². The molecule has 0 aliphatic heterocycles. The molecule has 0 spiro atoms. The van der Waals surface area contributed by atoms with Crippen LogP contribution in [0.4, 0.5) is 14.5 Å². The van der Waals surface area contributed by atoms with Crippen molar-refractivity contribution in [1.29, 1.82) is 0 Å². The number of alkyl halides is 2. The van der Waals surface area contributed by atoms with Crippen LogP contribution in [0.15, 0.2) is 11.1 Å². The summed E-state index contributed by atoms with van der Waals surface area (Å²) >= 11 is 0. The fourth-order valence-electron chi connectivity index (χ4n) is 1.83. The molecule has 7 heteroatoms. The lowest BCUT2D eigenvalue weighted by Crippen LogP contribution is -2.21. The van der Waals surface area contributed by atoms with Crippen LogP contribution in [-0.2, 0) is 4.74 Å². The molecule has 0 N–H and O–H groups in total. The molecule has 1 atom stereocenters. The summed E-state index contributed by atoms with van der Waals surface area (Å²) in [6.45, 7) is 9.18. The fourth-order valence-corrected chi connectivity index (χ4v) is 1.83. The first-order valence-corrected chi connectivity index (χ1v) is 8.17. The van der Waals surface area contributed by atoms with Gasteiger partial charge in [0, 0.05) is 20.2 Å². The average molecular weight is 343 g/mol. The van der Waals surface area contributed by atoms with Crippen LogP contribution >= 0.6 is 0 Å².